The Kier molecular flexibility index (Phi) is 3.41. The van der Waals surface area contributed by atoms with Crippen LogP contribution in [0.3, 0.4) is 0 Å². The molecule has 1 aliphatic carbocycles. The van der Waals surface area contributed by atoms with Gasteiger partial charge in [-0.1, -0.05) is 19.3 Å². The van der Waals surface area contributed by atoms with E-state index in [1.807, 2.05) is 4.98 Å². The summed E-state index contributed by atoms with van der Waals surface area (Å²) in [5.41, 5.74) is -1.21. The molecular weight excluding hydrogens is 222 g/mol. The van der Waals surface area contributed by atoms with Crippen LogP contribution in [-0.2, 0) is 0 Å². The zero-order valence-corrected chi connectivity index (χ0v) is 9.41. The van der Waals surface area contributed by atoms with Crippen LogP contribution in [0, 0.1) is 0 Å². The van der Waals surface area contributed by atoms with Crippen molar-refractivity contribution in [2.24, 2.45) is 0 Å². The smallest absolute Gasteiger partial charge is 0.326 e. The number of nitrogens with one attached hydrogen (secondary N) is 3. The second-order valence-electron chi connectivity index (χ2n) is 4.31. The van der Waals surface area contributed by atoms with Gasteiger partial charge in [-0.2, -0.15) is 0 Å². The fourth-order valence-corrected chi connectivity index (χ4v) is 2.10. The Morgan fingerprint density at radius 1 is 1.18 bits per heavy atom. The molecular formula is C11H15N3O3. The summed E-state index contributed by atoms with van der Waals surface area (Å²) in [4.78, 5) is 38.2. The van der Waals surface area contributed by atoms with Gasteiger partial charge in [-0.3, -0.25) is 14.6 Å². The molecule has 0 bridgehead atoms. The monoisotopic (exact) mass is 237 g/mol. The Hall–Kier alpha value is -1.85. The summed E-state index contributed by atoms with van der Waals surface area (Å²) in [5.74, 6) is -0.389. The SMILES string of the molecule is O=C(NC1CCCCC1)c1cc(=O)[nH]c(=O)[nH]1. The molecule has 0 atom stereocenters. The highest BCUT2D eigenvalue weighted by Gasteiger charge is 2.17. The minimum atomic E-state index is -0.661. The Balaban J connectivity index is 2.08. The molecule has 0 radical (unpaired) electrons. The number of rotatable bonds is 2. The molecule has 0 unspecified atom stereocenters. The Morgan fingerprint density at radius 3 is 2.53 bits per heavy atom. The molecule has 1 aromatic heterocycles. The van der Waals surface area contributed by atoms with E-state index in [-0.39, 0.29) is 17.6 Å². The van der Waals surface area contributed by atoms with Crippen molar-refractivity contribution < 1.29 is 4.79 Å². The molecule has 92 valence electrons. The predicted octanol–water partition coefficient (Wildman–Crippen LogP) is 0.126. The van der Waals surface area contributed by atoms with E-state index in [1.54, 1.807) is 0 Å². The van der Waals surface area contributed by atoms with Crippen LogP contribution in [0.25, 0.3) is 0 Å². The molecule has 1 aliphatic rings. The number of H-pyrrole nitrogens is 2. The maximum absolute atomic E-state index is 11.8. The lowest BCUT2D eigenvalue weighted by Gasteiger charge is -2.22. The Morgan fingerprint density at radius 2 is 1.88 bits per heavy atom. The third-order valence-electron chi connectivity index (χ3n) is 2.95. The first-order chi connectivity index (χ1) is 8.15. The minimum absolute atomic E-state index is 0.0179. The van der Waals surface area contributed by atoms with E-state index < -0.39 is 11.2 Å². The average molecular weight is 237 g/mol. The van der Waals surface area contributed by atoms with Gasteiger partial charge in [0.05, 0.1) is 0 Å². The quantitative estimate of drug-likeness (QED) is 0.682. The van der Waals surface area contributed by atoms with E-state index in [4.69, 9.17) is 0 Å². The fourth-order valence-electron chi connectivity index (χ4n) is 2.10. The summed E-state index contributed by atoms with van der Waals surface area (Å²) >= 11 is 0. The standard InChI is InChI=1S/C11H15N3O3/c15-9-6-8(13-11(17)14-9)10(16)12-7-4-2-1-3-5-7/h6-7H,1-5H2,(H,12,16)(H2,13,14,15,17). The third-order valence-corrected chi connectivity index (χ3v) is 2.95. The van der Waals surface area contributed by atoms with Crippen molar-refractivity contribution in [2.75, 3.05) is 0 Å². The number of amides is 1. The average Bonchev–Trinajstić information content (AvgIpc) is 2.29. The molecule has 1 amide bonds. The lowest BCUT2D eigenvalue weighted by molar-refractivity contribution is 0.0922. The molecule has 6 heteroatoms. The molecule has 3 N–H and O–H groups in total. The van der Waals surface area contributed by atoms with Crippen molar-refractivity contribution in [2.45, 2.75) is 38.1 Å². The van der Waals surface area contributed by atoms with Crippen LogP contribution in [0.5, 0.6) is 0 Å². The summed E-state index contributed by atoms with van der Waals surface area (Å²) < 4.78 is 0. The highest BCUT2D eigenvalue weighted by molar-refractivity contribution is 5.92. The number of hydrogen-bond acceptors (Lipinski definition) is 3. The summed E-state index contributed by atoms with van der Waals surface area (Å²) in [6.07, 6.45) is 5.33. The van der Waals surface area contributed by atoms with Gasteiger partial charge in [0.15, 0.2) is 0 Å². The zero-order chi connectivity index (χ0) is 12.3. The van der Waals surface area contributed by atoms with Crippen molar-refractivity contribution in [3.8, 4) is 0 Å². The van der Waals surface area contributed by atoms with Crippen molar-refractivity contribution in [3.05, 3.63) is 32.6 Å². The number of carbonyl (C=O) groups is 1. The summed E-state index contributed by atoms with van der Waals surface area (Å²) in [6.45, 7) is 0. The molecule has 1 saturated carbocycles. The highest BCUT2D eigenvalue weighted by atomic mass is 16.2. The van der Waals surface area contributed by atoms with Gasteiger partial charge >= 0.3 is 5.69 Å². The topological polar surface area (TPSA) is 94.8 Å². The van der Waals surface area contributed by atoms with E-state index in [2.05, 4.69) is 10.3 Å². The number of aromatic nitrogens is 2. The molecule has 0 aromatic carbocycles. The van der Waals surface area contributed by atoms with Gasteiger partial charge in [0, 0.05) is 12.1 Å². The molecule has 6 nitrogen and oxygen atoms in total. The van der Waals surface area contributed by atoms with Crippen molar-refractivity contribution in [1.82, 2.24) is 15.3 Å². The maximum Gasteiger partial charge on any atom is 0.326 e. The van der Waals surface area contributed by atoms with Gasteiger partial charge in [-0.15, -0.1) is 0 Å². The second-order valence-corrected chi connectivity index (χ2v) is 4.31. The van der Waals surface area contributed by atoms with Crippen LogP contribution < -0.4 is 16.6 Å². The van der Waals surface area contributed by atoms with Crippen LogP contribution in [0.1, 0.15) is 42.6 Å². The van der Waals surface area contributed by atoms with E-state index in [0.717, 1.165) is 31.7 Å². The predicted molar refractivity (Wildman–Crippen MR) is 62.0 cm³/mol. The van der Waals surface area contributed by atoms with Crippen LogP contribution in [0.4, 0.5) is 0 Å². The van der Waals surface area contributed by atoms with Crippen molar-refractivity contribution in [3.63, 3.8) is 0 Å². The second kappa shape index (κ2) is 4.99. The number of hydrogen-bond donors (Lipinski definition) is 3. The van der Waals surface area contributed by atoms with Crippen molar-refractivity contribution in [1.29, 1.82) is 0 Å². The van der Waals surface area contributed by atoms with E-state index in [9.17, 15) is 14.4 Å². The van der Waals surface area contributed by atoms with Gasteiger partial charge in [-0.05, 0) is 12.8 Å². The summed E-state index contributed by atoms with van der Waals surface area (Å²) in [7, 11) is 0. The number of carbonyl (C=O) groups excluding carboxylic acids is 1. The lowest BCUT2D eigenvalue weighted by atomic mass is 9.95. The van der Waals surface area contributed by atoms with Gasteiger partial charge < -0.3 is 10.3 Å². The van der Waals surface area contributed by atoms with E-state index in [1.165, 1.54) is 6.42 Å². The van der Waals surface area contributed by atoms with Crippen molar-refractivity contribution >= 4 is 5.91 Å². The van der Waals surface area contributed by atoms with E-state index >= 15 is 0 Å². The van der Waals surface area contributed by atoms with Crippen LogP contribution in [-0.4, -0.2) is 21.9 Å². The zero-order valence-electron chi connectivity index (χ0n) is 9.41. The molecule has 1 aromatic rings. The molecule has 1 heterocycles. The highest BCUT2D eigenvalue weighted by Crippen LogP contribution is 2.17. The largest absolute Gasteiger partial charge is 0.348 e. The lowest BCUT2D eigenvalue weighted by Crippen LogP contribution is -2.38. The fraction of sp³-hybridized carbons (Fsp3) is 0.545. The van der Waals surface area contributed by atoms with Gasteiger partial charge in [0.2, 0.25) is 0 Å². The van der Waals surface area contributed by atoms with Gasteiger partial charge in [0.1, 0.15) is 5.69 Å². The first-order valence-corrected chi connectivity index (χ1v) is 5.79. The van der Waals surface area contributed by atoms with Crippen LogP contribution in [0.2, 0.25) is 0 Å². The Bertz CT molecular complexity index is 483. The van der Waals surface area contributed by atoms with Gasteiger partial charge in [0.25, 0.3) is 11.5 Å². The minimum Gasteiger partial charge on any atom is -0.348 e. The first kappa shape index (κ1) is 11.6. The van der Waals surface area contributed by atoms with E-state index in [0.29, 0.717) is 0 Å². The molecule has 2 rings (SSSR count). The first-order valence-electron chi connectivity index (χ1n) is 5.79. The molecule has 1 fully saturated rings. The molecule has 17 heavy (non-hydrogen) atoms. The third kappa shape index (κ3) is 3.05. The summed E-state index contributed by atoms with van der Waals surface area (Å²) in [5, 5.41) is 2.83. The number of aromatic amines is 2. The molecule has 0 aliphatic heterocycles. The van der Waals surface area contributed by atoms with Crippen LogP contribution >= 0.6 is 0 Å². The maximum atomic E-state index is 11.8. The molecule has 0 saturated heterocycles. The van der Waals surface area contributed by atoms with Gasteiger partial charge in [-0.25, -0.2) is 4.79 Å². The normalized spacial score (nSPS) is 16.7. The Labute approximate surface area is 97.5 Å². The summed E-state index contributed by atoms with van der Waals surface area (Å²) in [6, 6.07) is 1.25. The van der Waals surface area contributed by atoms with Crippen LogP contribution in [0.15, 0.2) is 15.7 Å². The molecule has 0 spiro atoms.